The number of carbonyl (C=O) groups excluding carboxylic acids is 2. The van der Waals surface area contributed by atoms with Gasteiger partial charge in [-0.1, -0.05) is 11.6 Å². The number of amides is 1. The number of ether oxygens (including phenoxy) is 3. The van der Waals surface area contributed by atoms with E-state index in [9.17, 15) is 9.59 Å². The molecule has 0 spiro atoms. The molecule has 0 heterocycles. The molecule has 0 fully saturated rings. The standard InChI is InChI=1S/C16H22ClNO5/c1-3-22-16(20)8-9-18(10-11-21-2)15(19)12-23-14-6-4-13(17)5-7-14/h4-7H,3,8-12H2,1-2H3. The van der Waals surface area contributed by atoms with E-state index in [-0.39, 0.29) is 31.4 Å². The van der Waals surface area contributed by atoms with E-state index in [1.54, 1.807) is 38.3 Å². The lowest BCUT2D eigenvalue weighted by atomic mass is 10.3. The summed E-state index contributed by atoms with van der Waals surface area (Å²) in [6.07, 6.45) is 0.143. The Morgan fingerprint density at radius 2 is 1.87 bits per heavy atom. The first-order valence-electron chi connectivity index (χ1n) is 7.37. The number of benzene rings is 1. The fourth-order valence-corrected chi connectivity index (χ4v) is 1.92. The molecule has 1 rings (SSSR count). The first kappa shape index (κ1) is 19.3. The van der Waals surface area contributed by atoms with Gasteiger partial charge < -0.3 is 19.1 Å². The molecule has 7 heteroatoms. The number of carbonyl (C=O) groups is 2. The molecule has 0 bridgehead atoms. The van der Waals surface area contributed by atoms with Crippen molar-refractivity contribution in [2.24, 2.45) is 0 Å². The molecule has 0 aliphatic carbocycles. The molecule has 0 saturated heterocycles. The highest BCUT2D eigenvalue weighted by Gasteiger charge is 2.16. The minimum atomic E-state index is -0.332. The van der Waals surface area contributed by atoms with Crippen molar-refractivity contribution in [1.82, 2.24) is 4.90 Å². The molecule has 0 radical (unpaired) electrons. The lowest BCUT2D eigenvalue weighted by molar-refractivity contribution is -0.144. The maximum atomic E-state index is 12.2. The largest absolute Gasteiger partial charge is 0.484 e. The Kier molecular flexibility index (Phi) is 9.09. The predicted molar refractivity (Wildman–Crippen MR) is 86.7 cm³/mol. The smallest absolute Gasteiger partial charge is 0.307 e. The highest BCUT2D eigenvalue weighted by molar-refractivity contribution is 6.30. The molecule has 0 saturated carbocycles. The monoisotopic (exact) mass is 343 g/mol. The molecule has 6 nitrogen and oxygen atoms in total. The minimum Gasteiger partial charge on any atom is -0.484 e. The van der Waals surface area contributed by atoms with E-state index in [0.29, 0.717) is 30.5 Å². The van der Waals surface area contributed by atoms with Crippen LogP contribution in [-0.4, -0.2) is 56.8 Å². The number of hydrogen-bond acceptors (Lipinski definition) is 5. The maximum Gasteiger partial charge on any atom is 0.307 e. The van der Waals surface area contributed by atoms with Gasteiger partial charge in [-0.25, -0.2) is 0 Å². The summed E-state index contributed by atoms with van der Waals surface area (Å²) in [5, 5.41) is 0.597. The zero-order valence-electron chi connectivity index (χ0n) is 13.4. The van der Waals surface area contributed by atoms with Crippen molar-refractivity contribution in [2.45, 2.75) is 13.3 Å². The van der Waals surface area contributed by atoms with Crippen LogP contribution in [0.1, 0.15) is 13.3 Å². The van der Waals surface area contributed by atoms with E-state index in [1.807, 2.05) is 0 Å². The molecule has 0 N–H and O–H groups in total. The van der Waals surface area contributed by atoms with Gasteiger partial charge >= 0.3 is 5.97 Å². The topological polar surface area (TPSA) is 65.1 Å². The number of nitrogens with zero attached hydrogens (tertiary/aromatic N) is 1. The first-order valence-corrected chi connectivity index (χ1v) is 7.75. The molecular formula is C16H22ClNO5. The van der Waals surface area contributed by atoms with Crippen molar-refractivity contribution >= 4 is 23.5 Å². The van der Waals surface area contributed by atoms with Crippen molar-refractivity contribution in [3.63, 3.8) is 0 Å². The van der Waals surface area contributed by atoms with E-state index in [0.717, 1.165) is 0 Å². The SMILES string of the molecule is CCOC(=O)CCN(CCOC)C(=O)COc1ccc(Cl)cc1. The summed E-state index contributed by atoms with van der Waals surface area (Å²) in [5.41, 5.74) is 0. The van der Waals surface area contributed by atoms with Gasteiger partial charge in [0.2, 0.25) is 0 Å². The molecule has 0 aliphatic heterocycles. The van der Waals surface area contributed by atoms with Crippen LogP contribution in [0.4, 0.5) is 0 Å². The van der Waals surface area contributed by atoms with Crippen LogP contribution < -0.4 is 4.74 Å². The van der Waals surface area contributed by atoms with Crippen LogP contribution in [0, 0.1) is 0 Å². The van der Waals surface area contributed by atoms with Crippen LogP contribution in [-0.2, 0) is 19.1 Å². The fraction of sp³-hybridized carbons (Fsp3) is 0.500. The van der Waals surface area contributed by atoms with Crippen molar-refractivity contribution in [3.8, 4) is 5.75 Å². The summed E-state index contributed by atoms with van der Waals surface area (Å²) in [6.45, 7) is 2.99. The second kappa shape index (κ2) is 10.9. The summed E-state index contributed by atoms with van der Waals surface area (Å²) in [4.78, 5) is 25.2. The lowest BCUT2D eigenvalue weighted by Crippen LogP contribution is -2.38. The molecule has 0 aliphatic rings. The third-order valence-electron chi connectivity index (χ3n) is 2.99. The molecule has 23 heavy (non-hydrogen) atoms. The lowest BCUT2D eigenvalue weighted by Gasteiger charge is -2.22. The second-order valence-corrected chi connectivity index (χ2v) is 5.11. The molecule has 0 unspecified atom stereocenters. The summed E-state index contributed by atoms with van der Waals surface area (Å²) in [6, 6.07) is 6.75. The van der Waals surface area contributed by atoms with Crippen LogP contribution in [0.15, 0.2) is 24.3 Å². The van der Waals surface area contributed by atoms with Crippen molar-refractivity contribution in [1.29, 1.82) is 0 Å². The van der Waals surface area contributed by atoms with E-state index in [2.05, 4.69) is 0 Å². The van der Waals surface area contributed by atoms with Gasteiger partial charge in [0, 0.05) is 25.2 Å². The van der Waals surface area contributed by atoms with Crippen LogP contribution in [0.2, 0.25) is 5.02 Å². The van der Waals surface area contributed by atoms with E-state index in [1.165, 1.54) is 4.90 Å². The zero-order valence-corrected chi connectivity index (χ0v) is 14.2. The van der Waals surface area contributed by atoms with E-state index < -0.39 is 0 Å². The second-order valence-electron chi connectivity index (χ2n) is 4.67. The molecule has 1 aromatic rings. The number of rotatable bonds is 10. The summed E-state index contributed by atoms with van der Waals surface area (Å²) in [7, 11) is 1.55. The normalized spacial score (nSPS) is 10.2. The quantitative estimate of drug-likeness (QED) is 0.609. The van der Waals surface area contributed by atoms with Gasteiger partial charge in [-0.3, -0.25) is 9.59 Å². The third-order valence-corrected chi connectivity index (χ3v) is 3.24. The van der Waals surface area contributed by atoms with Crippen molar-refractivity contribution < 1.29 is 23.8 Å². The van der Waals surface area contributed by atoms with Gasteiger partial charge in [0.25, 0.3) is 5.91 Å². The summed E-state index contributed by atoms with van der Waals surface area (Å²) < 4.78 is 15.3. The Bertz CT molecular complexity index is 492. The molecule has 128 valence electrons. The van der Waals surface area contributed by atoms with Gasteiger partial charge in [0.1, 0.15) is 5.75 Å². The maximum absolute atomic E-state index is 12.2. The van der Waals surface area contributed by atoms with Crippen molar-refractivity contribution in [2.75, 3.05) is 40.0 Å². The number of esters is 1. The van der Waals surface area contributed by atoms with Crippen LogP contribution >= 0.6 is 11.6 Å². The number of halogens is 1. The van der Waals surface area contributed by atoms with E-state index in [4.69, 9.17) is 25.8 Å². The third kappa shape index (κ3) is 7.85. The van der Waals surface area contributed by atoms with E-state index >= 15 is 0 Å². The number of methoxy groups -OCH3 is 1. The average molecular weight is 344 g/mol. The molecule has 0 aromatic heterocycles. The molecular weight excluding hydrogens is 322 g/mol. The first-order chi connectivity index (χ1) is 11.1. The van der Waals surface area contributed by atoms with Gasteiger partial charge in [0.05, 0.1) is 19.6 Å². The van der Waals surface area contributed by atoms with Gasteiger partial charge in [-0.05, 0) is 31.2 Å². The Balaban J connectivity index is 2.49. The molecule has 1 aromatic carbocycles. The van der Waals surface area contributed by atoms with Gasteiger partial charge in [0.15, 0.2) is 6.61 Å². The zero-order chi connectivity index (χ0) is 17.1. The Hall–Kier alpha value is -1.79. The molecule has 0 atom stereocenters. The Morgan fingerprint density at radius 3 is 2.48 bits per heavy atom. The van der Waals surface area contributed by atoms with Crippen LogP contribution in [0.25, 0.3) is 0 Å². The summed E-state index contributed by atoms with van der Waals surface area (Å²) in [5.74, 6) is 0.00229. The average Bonchev–Trinajstić information content (AvgIpc) is 2.54. The van der Waals surface area contributed by atoms with Crippen molar-refractivity contribution in [3.05, 3.63) is 29.3 Å². The Labute approximate surface area is 141 Å². The van der Waals surface area contributed by atoms with Gasteiger partial charge in [-0.2, -0.15) is 0 Å². The minimum absolute atomic E-state index is 0.117. The number of hydrogen-bond donors (Lipinski definition) is 0. The van der Waals surface area contributed by atoms with Crippen LogP contribution in [0.3, 0.4) is 0 Å². The highest BCUT2D eigenvalue weighted by Crippen LogP contribution is 2.15. The predicted octanol–water partition coefficient (Wildman–Crippen LogP) is 2.15. The van der Waals surface area contributed by atoms with Gasteiger partial charge in [-0.15, -0.1) is 0 Å². The van der Waals surface area contributed by atoms with Crippen LogP contribution in [0.5, 0.6) is 5.75 Å². The fourth-order valence-electron chi connectivity index (χ4n) is 1.79. The Morgan fingerprint density at radius 1 is 1.17 bits per heavy atom. The summed E-state index contributed by atoms with van der Waals surface area (Å²) >= 11 is 5.79. The highest BCUT2D eigenvalue weighted by atomic mass is 35.5. The molecule has 1 amide bonds.